The Morgan fingerprint density at radius 2 is 0.889 bits per heavy atom. The fraction of sp³-hybridized carbons (Fsp3) is 0. The molecule has 2 heteroatoms. The smallest absolute Gasteiger partial charge is 0.0540 e. The minimum atomic E-state index is 1.11. The maximum absolute atomic E-state index is 2.43. The van der Waals surface area contributed by atoms with E-state index in [2.05, 4.69) is 205 Å². The lowest BCUT2D eigenvalue weighted by molar-refractivity contribution is 1.29. The normalized spacial score (nSPS) is 11.7. The van der Waals surface area contributed by atoms with Crippen molar-refractivity contribution in [2.75, 3.05) is 4.90 Å². The van der Waals surface area contributed by atoms with Crippen molar-refractivity contribution in [2.24, 2.45) is 0 Å². The van der Waals surface area contributed by atoms with Crippen LogP contribution in [-0.2, 0) is 0 Å². The number of nitrogens with zero attached hydrogens (tertiary/aromatic N) is 1. The van der Waals surface area contributed by atoms with Crippen LogP contribution in [-0.4, -0.2) is 0 Å². The molecule has 0 saturated heterocycles. The van der Waals surface area contributed by atoms with E-state index in [9.17, 15) is 0 Å². The number of hydrogen-bond acceptors (Lipinski definition) is 2. The van der Waals surface area contributed by atoms with Gasteiger partial charge in [0.1, 0.15) is 0 Å². The molecule has 0 saturated carbocycles. The Balaban J connectivity index is 1.11. The number of rotatable bonds is 5. The second kappa shape index (κ2) is 12.4. The Morgan fingerprint density at radius 3 is 1.67 bits per heavy atom. The van der Waals surface area contributed by atoms with Crippen LogP contribution < -0.4 is 4.90 Å². The molecule has 0 bridgehead atoms. The van der Waals surface area contributed by atoms with E-state index in [-0.39, 0.29) is 0 Å². The van der Waals surface area contributed by atoms with Gasteiger partial charge in [0, 0.05) is 37.1 Å². The molecular weight excluding hydrogens is 671 g/mol. The van der Waals surface area contributed by atoms with Crippen LogP contribution in [0, 0.1) is 0 Å². The van der Waals surface area contributed by atoms with E-state index in [1.807, 2.05) is 11.3 Å². The zero-order chi connectivity index (χ0) is 35.6. The lowest BCUT2D eigenvalue weighted by Crippen LogP contribution is -2.11. The first-order valence-corrected chi connectivity index (χ1v) is 19.3. The van der Waals surface area contributed by atoms with Crippen LogP contribution in [0.15, 0.2) is 200 Å². The summed E-state index contributed by atoms with van der Waals surface area (Å²) in [6.07, 6.45) is 0. The van der Waals surface area contributed by atoms with E-state index >= 15 is 0 Å². The van der Waals surface area contributed by atoms with Gasteiger partial charge < -0.3 is 4.90 Å². The summed E-state index contributed by atoms with van der Waals surface area (Å²) < 4.78 is 2.60. The van der Waals surface area contributed by atoms with Crippen LogP contribution in [0.1, 0.15) is 0 Å². The van der Waals surface area contributed by atoms with Crippen molar-refractivity contribution in [2.45, 2.75) is 0 Å². The zero-order valence-electron chi connectivity index (χ0n) is 29.4. The molecular formula is C52H33NS. The lowest BCUT2D eigenvalue weighted by Gasteiger charge is -2.28. The number of thiophene rings is 1. The van der Waals surface area contributed by atoms with Gasteiger partial charge in [-0.15, -0.1) is 11.3 Å². The summed E-state index contributed by atoms with van der Waals surface area (Å²) in [6.45, 7) is 0. The summed E-state index contributed by atoms with van der Waals surface area (Å²) in [5, 5.41) is 12.9. The first kappa shape index (κ1) is 30.8. The van der Waals surface area contributed by atoms with E-state index < -0.39 is 0 Å². The van der Waals surface area contributed by atoms with Crippen molar-refractivity contribution in [1.82, 2.24) is 0 Å². The Labute approximate surface area is 317 Å². The molecule has 54 heavy (non-hydrogen) atoms. The van der Waals surface area contributed by atoms with E-state index in [0.29, 0.717) is 0 Å². The van der Waals surface area contributed by atoms with Gasteiger partial charge in [-0.3, -0.25) is 0 Å². The summed E-state index contributed by atoms with van der Waals surface area (Å²) in [5.74, 6) is 0. The van der Waals surface area contributed by atoms with E-state index in [1.54, 1.807) is 0 Å². The van der Waals surface area contributed by atoms with Crippen LogP contribution >= 0.6 is 11.3 Å². The molecule has 252 valence electrons. The zero-order valence-corrected chi connectivity index (χ0v) is 30.2. The number of anilines is 3. The number of para-hydroxylation sites is 1. The molecule has 0 amide bonds. The summed E-state index contributed by atoms with van der Waals surface area (Å²) in [4.78, 5) is 2.43. The van der Waals surface area contributed by atoms with Gasteiger partial charge in [-0.05, 0) is 102 Å². The van der Waals surface area contributed by atoms with Gasteiger partial charge in [-0.1, -0.05) is 158 Å². The largest absolute Gasteiger partial charge is 0.310 e. The maximum atomic E-state index is 2.43. The molecule has 1 aromatic heterocycles. The Bertz CT molecular complexity index is 3200. The van der Waals surface area contributed by atoms with Crippen molar-refractivity contribution in [3.63, 3.8) is 0 Å². The SMILES string of the molecule is c1ccc(-c2ccccc2N(c2ccc(-c3cc4ccccc4c4c3ccc3ccccc34)cc2)c2ccc3c(c2)sc2ccc4ccccc4c23)cc1. The molecule has 10 aromatic carbocycles. The molecule has 0 N–H and O–H groups in total. The van der Waals surface area contributed by atoms with Gasteiger partial charge in [-0.2, -0.15) is 0 Å². The van der Waals surface area contributed by atoms with Gasteiger partial charge >= 0.3 is 0 Å². The highest BCUT2D eigenvalue weighted by Crippen LogP contribution is 2.46. The standard InChI is InChI=1S/C52H33NS/c1-2-12-34(13-3-1)41-17-10-11-21-48(41)53(40-28-30-46-50(33-40)54-49-31-25-36-15-5-8-19-43(36)52(46)49)39-26-22-37(23-27-39)47-32-38-16-6-9-20-44(38)51-42-18-7-4-14-35(42)24-29-45(47)51/h1-33H. The average molecular weight is 704 g/mol. The third-order valence-electron chi connectivity index (χ3n) is 11.0. The van der Waals surface area contributed by atoms with Crippen molar-refractivity contribution < 1.29 is 0 Å². The van der Waals surface area contributed by atoms with Crippen LogP contribution in [0.4, 0.5) is 17.1 Å². The molecule has 0 unspecified atom stereocenters. The van der Waals surface area contributed by atoms with Crippen molar-refractivity contribution in [3.8, 4) is 22.3 Å². The Hall–Kier alpha value is -6.74. The third kappa shape index (κ3) is 4.92. The molecule has 0 fully saturated rings. The minimum Gasteiger partial charge on any atom is -0.310 e. The maximum Gasteiger partial charge on any atom is 0.0540 e. The Kier molecular flexibility index (Phi) is 7.11. The molecule has 0 radical (unpaired) electrons. The van der Waals surface area contributed by atoms with E-state index in [4.69, 9.17) is 0 Å². The second-order valence-electron chi connectivity index (χ2n) is 14.1. The summed E-state index contributed by atoms with van der Waals surface area (Å²) in [6, 6.07) is 73.5. The molecule has 0 aliphatic carbocycles. The quantitative estimate of drug-likeness (QED) is 0.161. The van der Waals surface area contributed by atoms with Crippen molar-refractivity contribution in [1.29, 1.82) is 0 Å². The van der Waals surface area contributed by atoms with Gasteiger partial charge in [0.05, 0.1) is 5.69 Å². The second-order valence-corrected chi connectivity index (χ2v) is 15.1. The van der Waals surface area contributed by atoms with Crippen LogP contribution in [0.2, 0.25) is 0 Å². The number of fused-ring (bicyclic) bond motifs is 10. The number of benzene rings is 10. The van der Waals surface area contributed by atoms with Crippen LogP contribution in [0.25, 0.3) is 85.5 Å². The van der Waals surface area contributed by atoms with Crippen LogP contribution in [0.3, 0.4) is 0 Å². The first-order chi connectivity index (χ1) is 26.8. The molecule has 11 aromatic rings. The average Bonchev–Trinajstić information content (AvgIpc) is 3.63. The third-order valence-corrected chi connectivity index (χ3v) is 12.1. The van der Waals surface area contributed by atoms with Gasteiger partial charge in [0.2, 0.25) is 0 Å². The molecule has 1 heterocycles. The monoisotopic (exact) mass is 703 g/mol. The van der Waals surface area contributed by atoms with Crippen LogP contribution in [0.5, 0.6) is 0 Å². The molecule has 0 spiro atoms. The fourth-order valence-corrected chi connectivity index (χ4v) is 9.69. The highest BCUT2D eigenvalue weighted by atomic mass is 32.1. The van der Waals surface area contributed by atoms with E-state index in [1.165, 1.54) is 85.5 Å². The minimum absolute atomic E-state index is 1.11. The molecule has 0 aliphatic rings. The molecule has 11 rings (SSSR count). The predicted molar refractivity (Wildman–Crippen MR) is 235 cm³/mol. The Morgan fingerprint density at radius 1 is 0.315 bits per heavy atom. The van der Waals surface area contributed by atoms with Gasteiger partial charge in [0.25, 0.3) is 0 Å². The fourth-order valence-electron chi connectivity index (χ4n) is 8.53. The van der Waals surface area contributed by atoms with Crippen molar-refractivity contribution in [3.05, 3.63) is 200 Å². The summed E-state index contributed by atoms with van der Waals surface area (Å²) >= 11 is 1.87. The van der Waals surface area contributed by atoms with Gasteiger partial charge in [-0.25, -0.2) is 0 Å². The molecule has 0 atom stereocenters. The summed E-state index contributed by atoms with van der Waals surface area (Å²) in [5.41, 5.74) is 8.23. The predicted octanol–water partition coefficient (Wildman–Crippen LogP) is 15.5. The number of hydrogen-bond donors (Lipinski definition) is 0. The summed E-state index contributed by atoms with van der Waals surface area (Å²) in [7, 11) is 0. The molecule has 0 aliphatic heterocycles. The van der Waals surface area contributed by atoms with E-state index in [0.717, 1.165) is 17.1 Å². The topological polar surface area (TPSA) is 3.24 Å². The van der Waals surface area contributed by atoms with Gasteiger partial charge in [0.15, 0.2) is 0 Å². The highest BCUT2D eigenvalue weighted by Gasteiger charge is 2.20. The highest BCUT2D eigenvalue weighted by molar-refractivity contribution is 7.26. The lowest BCUT2D eigenvalue weighted by atomic mass is 9.90. The van der Waals surface area contributed by atoms with Crippen molar-refractivity contribution >= 4 is 91.7 Å². The first-order valence-electron chi connectivity index (χ1n) is 18.5. The molecule has 1 nitrogen and oxygen atoms in total.